The van der Waals surface area contributed by atoms with Crippen molar-refractivity contribution in [3.8, 4) is 0 Å². The van der Waals surface area contributed by atoms with Crippen molar-refractivity contribution in [2.24, 2.45) is 0 Å². The summed E-state index contributed by atoms with van der Waals surface area (Å²) < 4.78 is 5.47. The largest absolute Gasteiger partial charge is 0.466 e. The first-order valence-corrected chi connectivity index (χ1v) is 36.6. The lowest BCUT2D eigenvalue weighted by Gasteiger charge is -2.22. The van der Waals surface area contributed by atoms with Gasteiger partial charge >= 0.3 is 5.97 Å². The van der Waals surface area contributed by atoms with Crippen molar-refractivity contribution in [2.45, 2.75) is 424 Å². The van der Waals surface area contributed by atoms with Crippen molar-refractivity contribution in [2.75, 3.05) is 13.2 Å². The molecule has 80 heavy (non-hydrogen) atoms. The molecular weight excluding hydrogens is 983 g/mol. The zero-order chi connectivity index (χ0) is 57.8. The van der Waals surface area contributed by atoms with Gasteiger partial charge in [0.25, 0.3) is 0 Å². The standard InChI is InChI=1S/C74H143NO5/c1-3-5-7-9-11-13-15-16-17-18-19-20-21-28-31-34-37-40-43-47-50-54-58-62-66-72(77)71(70-76)75-73(78)67-63-59-55-51-48-44-41-38-35-32-29-26-24-22-23-25-27-30-33-36-39-42-45-49-53-57-61-65-69-80-74(79)68-64-60-56-52-46-14-12-10-8-6-4-2/h10,12,22-23,71-72,76-77H,3-9,11,13-21,24-70H2,1-2H3,(H,75,78)/b12-10-,23-22-. The van der Waals surface area contributed by atoms with Gasteiger partial charge in [0.05, 0.1) is 25.4 Å². The fourth-order valence-electron chi connectivity index (χ4n) is 11.6. The Morgan fingerprint density at radius 1 is 0.338 bits per heavy atom. The topological polar surface area (TPSA) is 95.9 Å². The highest BCUT2D eigenvalue weighted by Crippen LogP contribution is 2.19. The fraction of sp³-hybridized carbons (Fsp3) is 0.919. The second kappa shape index (κ2) is 69.8. The number of aliphatic hydroxyl groups excluding tert-OH is 2. The molecule has 0 aliphatic carbocycles. The number of carbonyl (C=O) groups excluding carboxylic acids is 2. The summed E-state index contributed by atoms with van der Waals surface area (Å²) in [5, 5.41) is 23.5. The lowest BCUT2D eigenvalue weighted by atomic mass is 10.0. The first-order valence-electron chi connectivity index (χ1n) is 36.6. The Balaban J connectivity index is 3.38. The Labute approximate surface area is 501 Å². The lowest BCUT2D eigenvalue weighted by molar-refractivity contribution is -0.143. The molecule has 0 saturated carbocycles. The molecule has 0 fully saturated rings. The van der Waals surface area contributed by atoms with Crippen LogP contribution < -0.4 is 5.32 Å². The van der Waals surface area contributed by atoms with Gasteiger partial charge in [0, 0.05) is 12.8 Å². The van der Waals surface area contributed by atoms with Crippen LogP contribution in [0.25, 0.3) is 0 Å². The summed E-state index contributed by atoms with van der Waals surface area (Å²) in [5.74, 6) is -0.0244. The molecule has 0 aromatic carbocycles. The molecule has 0 heterocycles. The lowest BCUT2D eigenvalue weighted by Crippen LogP contribution is -2.45. The first kappa shape index (κ1) is 78.3. The number of carbonyl (C=O) groups is 2. The third-order valence-electron chi connectivity index (χ3n) is 17.2. The summed E-state index contributed by atoms with van der Waals surface area (Å²) >= 11 is 0. The van der Waals surface area contributed by atoms with Crippen LogP contribution in [0.3, 0.4) is 0 Å². The van der Waals surface area contributed by atoms with E-state index in [2.05, 4.69) is 43.5 Å². The van der Waals surface area contributed by atoms with Gasteiger partial charge in [-0.15, -0.1) is 0 Å². The van der Waals surface area contributed by atoms with E-state index in [0.29, 0.717) is 25.9 Å². The number of rotatable bonds is 69. The number of aliphatic hydroxyl groups is 2. The van der Waals surface area contributed by atoms with Crippen LogP contribution in [0.15, 0.2) is 24.3 Å². The Morgan fingerprint density at radius 2 is 0.600 bits per heavy atom. The van der Waals surface area contributed by atoms with Gasteiger partial charge in [0.15, 0.2) is 0 Å². The second-order valence-electron chi connectivity index (χ2n) is 25.3. The monoisotopic (exact) mass is 1130 g/mol. The minimum Gasteiger partial charge on any atom is -0.466 e. The molecule has 2 atom stereocenters. The van der Waals surface area contributed by atoms with Crippen LogP contribution in [0.4, 0.5) is 0 Å². The normalized spacial score (nSPS) is 12.6. The molecule has 474 valence electrons. The minimum atomic E-state index is -0.666. The van der Waals surface area contributed by atoms with Crippen molar-refractivity contribution in [1.82, 2.24) is 5.32 Å². The van der Waals surface area contributed by atoms with Crippen LogP contribution in [0.5, 0.6) is 0 Å². The molecule has 0 aliphatic heterocycles. The van der Waals surface area contributed by atoms with Gasteiger partial charge < -0.3 is 20.3 Å². The first-order chi connectivity index (χ1) is 39.5. The fourth-order valence-corrected chi connectivity index (χ4v) is 11.6. The summed E-state index contributed by atoms with van der Waals surface area (Å²) in [7, 11) is 0. The molecule has 1 amide bonds. The molecule has 0 aromatic rings. The maximum Gasteiger partial charge on any atom is 0.305 e. The molecule has 2 unspecified atom stereocenters. The molecule has 6 nitrogen and oxygen atoms in total. The molecule has 0 radical (unpaired) electrons. The summed E-state index contributed by atoms with van der Waals surface area (Å²) in [6.07, 6.45) is 88.1. The maximum atomic E-state index is 12.6. The van der Waals surface area contributed by atoms with Gasteiger partial charge in [0.2, 0.25) is 5.91 Å². The smallest absolute Gasteiger partial charge is 0.305 e. The molecule has 6 heteroatoms. The zero-order valence-electron chi connectivity index (χ0n) is 54.3. The summed E-state index contributed by atoms with van der Waals surface area (Å²) in [4.78, 5) is 24.6. The molecule has 0 saturated heterocycles. The Hall–Kier alpha value is -1.66. The Bertz CT molecular complexity index is 1250. The maximum absolute atomic E-state index is 12.6. The molecule has 0 aliphatic rings. The van der Waals surface area contributed by atoms with Gasteiger partial charge in [-0.05, 0) is 70.6 Å². The highest BCUT2D eigenvalue weighted by atomic mass is 16.5. The average Bonchev–Trinajstić information content (AvgIpc) is 3.46. The highest BCUT2D eigenvalue weighted by molar-refractivity contribution is 5.76. The number of nitrogens with one attached hydrogen (secondary N) is 1. The molecule has 3 N–H and O–H groups in total. The van der Waals surface area contributed by atoms with E-state index in [4.69, 9.17) is 4.74 Å². The quantitative estimate of drug-likeness (QED) is 0.0320. The van der Waals surface area contributed by atoms with Gasteiger partial charge in [-0.1, -0.05) is 353 Å². The Kier molecular flexibility index (Phi) is 68.4. The van der Waals surface area contributed by atoms with E-state index in [0.717, 1.165) is 44.9 Å². The van der Waals surface area contributed by atoms with Crippen molar-refractivity contribution in [3.05, 3.63) is 24.3 Å². The van der Waals surface area contributed by atoms with Crippen LogP contribution in [0.2, 0.25) is 0 Å². The number of unbranched alkanes of at least 4 members (excludes halogenated alkanes) is 54. The predicted molar refractivity (Wildman–Crippen MR) is 352 cm³/mol. The van der Waals surface area contributed by atoms with Crippen LogP contribution in [-0.4, -0.2) is 47.4 Å². The van der Waals surface area contributed by atoms with Crippen LogP contribution >= 0.6 is 0 Å². The number of amides is 1. The Morgan fingerprint density at radius 3 is 0.925 bits per heavy atom. The summed E-state index contributed by atoms with van der Waals surface area (Å²) in [5.41, 5.74) is 0. The van der Waals surface area contributed by atoms with Crippen LogP contribution in [-0.2, 0) is 14.3 Å². The van der Waals surface area contributed by atoms with Crippen molar-refractivity contribution in [3.63, 3.8) is 0 Å². The van der Waals surface area contributed by atoms with E-state index in [1.54, 1.807) is 0 Å². The number of ether oxygens (including phenoxy) is 1. The number of esters is 1. The molecular formula is C74H143NO5. The van der Waals surface area contributed by atoms with Crippen LogP contribution in [0.1, 0.15) is 412 Å². The van der Waals surface area contributed by atoms with E-state index >= 15 is 0 Å². The van der Waals surface area contributed by atoms with E-state index in [1.807, 2.05) is 0 Å². The van der Waals surface area contributed by atoms with E-state index < -0.39 is 12.1 Å². The number of hydrogen-bond donors (Lipinski definition) is 3. The third-order valence-corrected chi connectivity index (χ3v) is 17.2. The zero-order valence-corrected chi connectivity index (χ0v) is 54.3. The SMILES string of the molecule is CCCC/C=C\CCCCCCCC(=O)OCCCCCCCCCCCCCC/C=C\CCCCCCCCCCCCCCC(=O)NC(CO)C(O)CCCCCCCCCCCCCCCCCCCCCCCCCC. The van der Waals surface area contributed by atoms with E-state index in [9.17, 15) is 19.8 Å². The van der Waals surface area contributed by atoms with Crippen molar-refractivity contribution < 1.29 is 24.5 Å². The van der Waals surface area contributed by atoms with Crippen molar-refractivity contribution in [1.29, 1.82) is 0 Å². The van der Waals surface area contributed by atoms with Gasteiger partial charge in [-0.25, -0.2) is 0 Å². The summed E-state index contributed by atoms with van der Waals surface area (Å²) in [6, 6.07) is -0.543. The molecule has 0 rings (SSSR count). The molecule has 0 aromatic heterocycles. The van der Waals surface area contributed by atoms with E-state index in [1.165, 1.54) is 334 Å². The molecule has 0 bridgehead atoms. The van der Waals surface area contributed by atoms with Gasteiger partial charge in [-0.3, -0.25) is 9.59 Å². The molecule has 0 spiro atoms. The number of hydrogen-bond acceptors (Lipinski definition) is 5. The van der Waals surface area contributed by atoms with E-state index in [-0.39, 0.29) is 18.5 Å². The average molecular weight is 1130 g/mol. The number of allylic oxidation sites excluding steroid dienone is 4. The summed E-state index contributed by atoms with van der Waals surface area (Å²) in [6.45, 7) is 4.95. The predicted octanol–water partition coefficient (Wildman–Crippen LogP) is 23.7. The van der Waals surface area contributed by atoms with Gasteiger partial charge in [-0.2, -0.15) is 0 Å². The minimum absolute atomic E-state index is 0.00546. The van der Waals surface area contributed by atoms with Gasteiger partial charge in [0.1, 0.15) is 0 Å². The van der Waals surface area contributed by atoms with Crippen LogP contribution in [0, 0.1) is 0 Å². The second-order valence-corrected chi connectivity index (χ2v) is 25.3. The third kappa shape index (κ3) is 65.5. The van der Waals surface area contributed by atoms with Crippen molar-refractivity contribution >= 4 is 11.9 Å². The highest BCUT2D eigenvalue weighted by Gasteiger charge is 2.20.